The molecule has 2 N–H and O–H groups in total. The fourth-order valence-corrected chi connectivity index (χ4v) is 3.35. The molecule has 0 radical (unpaired) electrons. The molecule has 1 fully saturated rings. The molecule has 1 aliphatic rings. The summed E-state index contributed by atoms with van der Waals surface area (Å²) in [6.45, 7) is 6.59. The maximum absolute atomic E-state index is 9.96. The Bertz CT molecular complexity index is 542. The van der Waals surface area contributed by atoms with E-state index in [0.29, 0.717) is 6.61 Å². The van der Waals surface area contributed by atoms with E-state index in [2.05, 4.69) is 16.8 Å². The Morgan fingerprint density at radius 3 is 2.63 bits per heavy atom. The van der Waals surface area contributed by atoms with Gasteiger partial charge < -0.3 is 14.6 Å². The van der Waals surface area contributed by atoms with E-state index in [-0.39, 0.29) is 6.08 Å². The van der Waals surface area contributed by atoms with Gasteiger partial charge in [0, 0.05) is 12.6 Å². The Hall–Kier alpha value is -1.75. The van der Waals surface area contributed by atoms with Crippen LogP contribution in [0.2, 0.25) is 0 Å². The number of ether oxygens (including phenoxy) is 2. The Morgan fingerprint density at radius 2 is 1.81 bits per heavy atom. The second-order valence-corrected chi connectivity index (χ2v) is 7.32. The number of hydrogen-bond donors (Lipinski definition) is 2. The van der Waals surface area contributed by atoms with Crippen LogP contribution in [-0.4, -0.2) is 48.9 Å². The van der Waals surface area contributed by atoms with Gasteiger partial charge in [-0.1, -0.05) is 51.5 Å². The number of nitrogens with zero attached hydrogens (tertiary/aromatic N) is 1. The fraction of sp³-hybridized carbons (Fsp3) is 0.682. The van der Waals surface area contributed by atoms with Gasteiger partial charge in [0.15, 0.2) is 0 Å². The molecule has 2 rings (SSSR count). The molecule has 0 spiro atoms. The molecule has 0 saturated carbocycles. The molecule has 27 heavy (non-hydrogen) atoms. The van der Waals surface area contributed by atoms with Gasteiger partial charge in [-0.05, 0) is 38.4 Å². The zero-order chi connectivity index (χ0) is 19.2. The lowest BCUT2D eigenvalue weighted by Crippen LogP contribution is -2.67. The first-order valence-corrected chi connectivity index (χ1v) is 10.7. The van der Waals surface area contributed by atoms with Crippen molar-refractivity contribution in [2.24, 2.45) is 0 Å². The summed E-state index contributed by atoms with van der Waals surface area (Å²) >= 11 is 0. The van der Waals surface area contributed by atoms with Crippen molar-refractivity contribution in [3.05, 3.63) is 24.3 Å². The second-order valence-electron chi connectivity index (χ2n) is 7.32. The molecule has 0 amide bonds. The average Bonchev–Trinajstić information content (AvgIpc) is 2.68. The molecule has 0 atom stereocenters. The van der Waals surface area contributed by atoms with Crippen LogP contribution in [0.3, 0.4) is 0 Å². The van der Waals surface area contributed by atoms with Crippen molar-refractivity contribution in [3.8, 4) is 5.75 Å². The summed E-state index contributed by atoms with van der Waals surface area (Å²) in [6, 6.07) is 7.64. The second kappa shape index (κ2) is 13.4. The van der Waals surface area contributed by atoms with Crippen LogP contribution in [0.5, 0.6) is 5.75 Å². The van der Waals surface area contributed by atoms with Crippen LogP contribution in [0.4, 0.5) is 5.69 Å². The van der Waals surface area contributed by atoms with E-state index in [0.717, 1.165) is 44.1 Å². The highest BCUT2D eigenvalue weighted by atomic mass is 16.6. The predicted molar refractivity (Wildman–Crippen MR) is 110 cm³/mol. The summed E-state index contributed by atoms with van der Waals surface area (Å²) in [5.74, 6) is 0.815. The van der Waals surface area contributed by atoms with Gasteiger partial charge in [0.05, 0.1) is 12.7 Å². The largest absolute Gasteiger partial charge is 0.551 e. The number of aliphatic hydroxyl groups excluding tert-OH is 1. The molecule has 0 bridgehead atoms. The van der Waals surface area contributed by atoms with Crippen LogP contribution in [0.1, 0.15) is 64.7 Å². The molecule has 1 heterocycles. The number of aliphatic hydroxyl groups is 1. The minimum atomic E-state index is -0.153. The lowest BCUT2D eigenvalue weighted by atomic mass is 10.1. The molecule has 1 aromatic carbocycles. The third kappa shape index (κ3) is 9.66. The SMILES string of the molecule is CCCCCCCCOc1cccc([NH+]=C(O)OCCN2CCCCC2)c1. The molecule has 0 aromatic heterocycles. The standard InChI is InChI=1S/C22H36N2O3/c1-2-3-4-5-6-10-17-26-21-13-11-12-20(19-21)23-22(25)27-18-16-24-14-8-7-9-15-24/h11-13,19H,2-10,14-18H2,1H3,(H,23,25)/p+1. The van der Waals surface area contributed by atoms with E-state index in [1.54, 1.807) is 0 Å². The minimum Gasteiger partial charge on any atom is -0.493 e. The van der Waals surface area contributed by atoms with Crippen molar-refractivity contribution < 1.29 is 19.6 Å². The first-order valence-electron chi connectivity index (χ1n) is 10.7. The van der Waals surface area contributed by atoms with E-state index in [4.69, 9.17) is 9.47 Å². The zero-order valence-electron chi connectivity index (χ0n) is 16.9. The fourth-order valence-electron chi connectivity index (χ4n) is 3.35. The van der Waals surface area contributed by atoms with Crippen molar-refractivity contribution >= 4 is 11.8 Å². The molecule has 1 aromatic rings. The van der Waals surface area contributed by atoms with Crippen molar-refractivity contribution in [2.45, 2.75) is 64.7 Å². The Labute approximate surface area is 164 Å². The summed E-state index contributed by atoms with van der Waals surface area (Å²) < 4.78 is 11.2. The Balaban J connectivity index is 1.66. The van der Waals surface area contributed by atoms with Crippen molar-refractivity contribution in [1.82, 2.24) is 4.90 Å². The van der Waals surface area contributed by atoms with Gasteiger partial charge in [0.1, 0.15) is 12.4 Å². The van der Waals surface area contributed by atoms with E-state index < -0.39 is 0 Å². The highest BCUT2D eigenvalue weighted by molar-refractivity contribution is 5.58. The van der Waals surface area contributed by atoms with Gasteiger partial charge in [-0.3, -0.25) is 4.90 Å². The molecule has 5 heteroatoms. The summed E-state index contributed by atoms with van der Waals surface area (Å²) in [6.07, 6.45) is 11.2. The highest BCUT2D eigenvalue weighted by Crippen LogP contribution is 2.14. The van der Waals surface area contributed by atoms with Gasteiger partial charge in [-0.15, -0.1) is 4.99 Å². The normalized spacial score (nSPS) is 15.7. The number of piperidine rings is 1. The Morgan fingerprint density at radius 1 is 1.04 bits per heavy atom. The van der Waals surface area contributed by atoms with Crippen LogP contribution in [0.25, 0.3) is 0 Å². The highest BCUT2D eigenvalue weighted by Gasteiger charge is 2.12. The van der Waals surface area contributed by atoms with Crippen LogP contribution < -0.4 is 9.73 Å². The number of unbranched alkanes of at least 4 members (excludes halogenated alkanes) is 5. The van der Waals surface area contributed by atoms with Gasteiger partial charge in [0.2, 0.25) is 5.69 Å². The molecular weight excluding hydrogens is 340 g/mol. The quantitative estimate of drug-likeness (QED) is 0.332. The van der Waals surface area contributed by atoms with Crippen LogP contribution >= 0.6 is 0 Å². The first-order chi connectivity index (χ1) is 13.3. The van der Waals surface area contributed by atoms with Gasteiger partial charge in [-0.2, -0.15) is 0 Å². The van der Waals surface area contributed by atoms with Crippen LogP contribution in [0, 0.1) is 0 Å². The lowest BCUT2D eigenvalue weighted by Gasteiger charge is -2.25. The molecule has 1 aliphatic heterocycles. The maximum atomic E-state index is 9.96. The average molecular weight is 378 g/mol. The summed E-state index contributed by atoms with van der Waals surface area (Å²) in [4.78, 5) is 5.28. The number of likely N-dealkylation sites (tertiary alicyclic amines) is 1. The van der Waals surface area contributed by atoms with Crippen molar-refractivity contribution in [1.29, 1.82) is 0 Å². The third-order valence-electron chi connectivity index (χ3n) is 4.95. The van der Waals surface area contributed by atoms with E-state index in [1.807, 2.05) is 24.3 Å². The molecule has 5 nitrogen and oxygen atoms in total. The smallest absolute Gasteiger partial charge is 0.493 e. The van der Waals surface area contributed by atoms with Gasteiger partial charge >= 0.3 is 6.08 Å². The number of benzene rings is 1. The van der Waals surface area contributed by atoms with E-state index in [1.165, 1.54) is 51.4 Å². The maximum Gasteiger partial charge on any atom is 0.551 e. The summed E-state index contributed by atoms with van der Waals surface area (Å²) in [5.41, 5.74) is 0.769. The van der Waals surface area contributed by atoms with Crippen LogP contribution in [0.15, 0.2) is 24.3 Å². The number of nitrogens with one attached hydrogen (secondary N) is 1. The molecule has 1 saturated heterocycles. The predicted octanol–water partition coefficient (Wildman–Crippen LogP) is 3.55. The van der Waals surface area contributed by atoms with Gasteiger partial charge in [-0.25, -0.2) is 0 Å². The first kappa shape index (κ1) is 21.5. The van der Waals surface area contributed by atoms with E-state index in [9.17, 15) is 5.11 Å². The zero-order valence-corrected chi connectivity index (χ0v) is 16.9. The summed E-state index contributed by atoms with van der Waals surface area (Å²) in [5, 5.41) is 9.96. The van der Waals surface area contributed by atoms with E-state index >= 15 is 0 Å². The molecular formula is C22H37N2O3+. The molecule has 0 unspecified atom stereocenters. The lowest BCUT2D eigenvalue weighted by molar-refractivity contribution is -0.382. The van der Waals surface area contributed by atoms with Crippen molar-refractivity contribution in [3.63, 3.8) is 0 Å². The molecule has 152 valence electrons. The van der Waals surface area contributed by atoms with Crippen molar-refractivity contribution in [2.75, 3.05) is 32.8 Å². The Kier molecular flexibility index (Phi) is 10.7. The minimum absolute atomic E-state index is 0.153. The number of hydrogen-bond acceptors (Lipinski definition) is 3. The summed E-state index contributed by atoms with van der Waals surface area (Å²) in [7, 11) is 0. The molecule has 0 aliphatic carbocycles. The van der Waals surface area contributed by atoms with Gasteiger partial charge in [0.25, 0.3) is 0 Å². The monoisotopic (exact) mass is 377 g/mol. The number of rotatable bonds is 12. The van der Waals surface area contributed by atoms with Crippen LogP contribution in [-0.2, 0) is 4.74 Å². The topological polar surface area (TPSA) is 55.9 Å². The third-order valence-corrected chi connectivity index (χ3v) is 4.95.